The van der Waals surface area contributed by atoms with E-state index < -0.39 is 0 Å². The van der Waals surface area contributed by atoms with Crippen molar-refractivity contribution in [1.29, 1.82) is 0 Å². The fraction of sp³-hybridized carbons (Fsp3) is 0.508. The molecule has 1 unspecified atom stereocenters. The van der Waals surface area contributed by atoms with Crippen LogP contribution < -0.4 is 37.9 Å². The van der Waals surface area contributed by atoms with Crippen molar-refractivity contribution in [1.82, 2.24) is 9.80 Å². The zero-order chi connectivity index (χ0) is 55.6. The molecule has 2 atom stereocenters. The van der Waals surface area contributed by atoms with Crippen molar-refractivity contribution < 1.29 is 52.2 Å². The lowest BCUT2D eigenvalue weighted by atomic mass is 9.90. The Morgan fingerprint density at radius 1 is 0.566 bits per heavy atom. The summed E-state index contributed by atoms with van der Waals surface area (Å²) in [6.45, 7) is 14.8. The maximum absolute atomic E-state index is 12.8. The van der Waals surface area contributed by atoms with Gasteiger partial charge in [-0.2, -0.15) is 0 Å². The molecule has 13 heteroatoms. The van der Waals surface area contributed by atoms with Gasteiger partial charge in [0.15, 0.2) is 23.0 Å². The van der Waals surface area contributed by atoms with Crippen LogP contribution in [0.25, 0.3) is 0 Å². The maximum atomic E-state index is 12.8. The molecular weight excluding hydrogens is 961 g/mol. The third-order valence-electron chi connectivity index (χ3n) is 13.7. The first kappa shape index (κ1) is 62.1. The third-order valence-corrected chi connectivity index (χ3v) is 13.7. The van der Waals surface area contributed by atoms with Gasteiger partial charge < -0.3 is 47.4 Å². The molecule has 4 aromatic carbocycles. The highest BCUT2D eigenvalue weighted by atomic mass is 16.5. The molecule has 416 valence electrons. The van der Waals surface area contributed by atoms with Crippen LogP contribution in [0.1, 0.15) is 122 Å². The van der Waals surface area contributed by atoms with Crippen LogP contribution in [0.4, 0.5) is 0 Å². The van der Waals surface area contributed by atoms with Crippen LogP contribution in [0, 0.1) is 25.7 Å². The number of methoxy groups -OCH3 is 8. The lowest BCUT2D eigenvalue weighted by molar-refractivity contribution is -0.143. The van der Waals surface area contributed by atoms with Gasteiger partial charge in [0.25, 0.3) is 0 Å². The van der Waals surface area contributed by atoms with Crippen molar-refractivity contribution in [2.45, 2.75) is 117 Å². The summed E-state index contributed by atoms with van der Waals surface area (Å²) in [5.41, 5.74) is 8.66. The molecule has 0 bridgehead atoms. The summed E-state index contributed by atoms with van der Waals surface area (Å²) in [6.07, 6.45) is 12.9. The largest absolute Gasteiger partial charge is 0.498 e. The maximum Gasteiger partial charge on any atom is 0.306 e. The van der Waals surface area contributed by atoms with Crippen LogP contribution in [-0.2, 0) is 40.0 Å². The number of hydrogen-bond donors (Lipinski definition) is 0. The summed E-state index contributed by atoms with van der Waals surface area (Å²) in [6, 6.07) is 16.3. The summed E-state index contributed by atoms with van der Waals surface area (Å²) in [5.74, 6) is 13.5. The van der Waals surface area contributed by atoms with Gasteiger partial charge in [-0.15, -0.1) is 0 Å². The van der Waals surface area contributed by atoms with Gasteiger partial charge in [0.1, 0.15) is 23.0 Å². The first-order valence-electron chi connectivity index (χ1n) is 26.7. The molecule has 0 N–H and O–H groups in total. The molecule has 0 saturated heterocycles. The number of allylic oxidation sites excluding steroid dienone is 3. The van der Waals surface area contributed by atoms with Gasteiger partial charge in [0, 0.05) is 49.5 Å². The van der Waals surface area contributed by atoms with Crippen molar-refractivity contribution in [3.05, 3.63) is 118 Å². The standard InChI is InChI=1S/C63H88N2O11/c1-16-25-49-40-59(71-12)61(73-14)42-51(49)53(29-22-28-47-36-55(67-8)45(4)56(37-47)68-9)64(6)31-23-33-75-44(3)27-20-18-19-21-30-63(66)76-34-24-32-65(7)54(35-48-38-57(69-10)46(5)58(39-48)70-11)52-43-62(74-15)60(72-13)41-50(52)26-17-2/h18-19,36-43,53-54H,3,16-17,20-21,23-28,30-35H2,1-2,4-15H3/b19-18+/t53?,54-/m1/s1. The number of hydrogen-bond acceptors (Lipinski definition) is 13. The topological polar surface area (TPSA) is 116 Å². The zero-order valence-corrected chi connectivity index (χ0v) is 48.3. The molecule has 0 fully saturated rings. The third kappa shape index (κ3) is 18.1. The smallest absolute Gasteiger partial charge is 0.306 e. The first-order valence-corrected chi connectivity index (χ1v) is 26.7. The van der Waals surface area contributed by atoms with E-state index in [-0.39, 0.29) is 18.1 Å². The number of carbonyl (C=O) groups is 1. The Kier molecular flexibility index (Phi) is 26.8. The van der Waals surface area contributed by atoms with E-state index in [2.05, 4.69) is 98.6 Å². The molecule has 0 aliphatic carbocycles. The van der Waals surface area contributed by atoms with Crippen molar-refractivity contribution in [3.63, 3.8) is 0 Å². The van der Waals surface area contributed by atoms with Crippen LogP contribution in [-0.4, -0.2) is 113 Å². The number of carbonyl (C=O) groups excluding carboxylic acids is 1. The second kappa shape index (κ2) is 32.8. The van der Waals surface area contributed by atoms with Crippen molar-refractivity contribution in [2.75, 3.05) is 97.3 Å². The van der Waals surface area contributed by atoms with E-state index in [0.29, 0.717) is 81.3 Å². The molecule has 4 rings (SSSR count). The molecule has 0 spiro atoms. The summed E-state index contributed by atoms with van der Waals surface area (Å²) in [4.78, 5) is 17.4. The number of ether oxygens (including phenoxy) is 10. The number of likely N-dealkylation sites (N-methyl/N-ethyl adjacent to an activating group) is 1. The van der Waals surface area contributed by atoms with Crippen LogP contribution in [0.3, 0.4) is 0 Å². The van der Waals surface area contributed by atoms with E-state index in [1.54, 1.807) is 56.9 Å². The Bertz CT molecular complexity index is 2510. The predicted octanol–water partition coefficient (Wildman–Crippen LogP) is 12.4. The molecule has 0 aliphatic heterocycles. The minimum atomic E-state index is -0.209. The molecule has 76 heavy (non-hydrogen) atoms. The Hall–Kier alpha value is -6.49. The van der Waals surface area contributed by atoms with Crippen molar-refractivity contribution in [2.24, 2.45) is 0 Å². The van der Waals surface area contributed by atoms with Gasteiger partial charge in [-0.05, 0) is 155 Å². The van der Waals surface area contributed by atoms with Crippen molar-refractivity contribution >= 4 is 5.97 Å². The van der Waals surface area contributed by atoms with E-state index in [1.165, 1.54) is 16.7 Å². The summed E-state index contributed by atoms with van der Waals surface area (Å²) in [5, 5.41) is 0. The minimum absolute atomic E-state index is 0.0198. The number of aryl methyl sites for hydroxylation is 2. The van der Waals surface area contributed by atoms with Crippen molar-refractivity contribution in [3.8, 4) is 57.8 Å². The second-order valence-corrected chi connectivity index (χ2v) is 19.0. The Labute approximate surface area is 455 Å². The molecule has 0 saturated carbocycles. The Morgan fingerprint density at radius 2 is 1.00 bits per heavy atom. The zero-order valence-electron chi connectivity index (χ0n) is 48.3. The molecule has 0 aliphatic rings. The summed E-state index contributed by atoms with van der Waals surface area (Å²) in [7, 11) is 17.6. The quantitative estimate of drug-likeness (QED) is 0.0145. The van der Waals surface area contributed by atoms with Crippen LogP contribution >= 0.6 is 0 Å². The number of benzene rings is 4. The van der Waals surface area contributed by atoms with E-state index in [9.17, 15) is 4.79 Å². The second-order valence-electron chi connectivity index (χ2n) is 19.0. The number of esters is 1. The fourth-order valence-corrected chi connectivity index (χ4v) is 9.45. The van der Waals surface area contributed by atoms with Gasteiger partial charge in [-0.1, -0.05) is 57.3 Å². The van der Waals surface area contributed by atoms with Gasteiger partial charge >= 0.3 is 5.97 Å². The number of rotatable bonds is 34. The average molecular weight is 1050 g/mol. The molecule has 0 aromatic heterocycles. The molecular formula is C63H88N2O11. The van der Waals surface area contributed by atoms with Gasteiger partial charge in [-0.25, -0.2) is 0 Å². The van der Waals surface area contributed by atoms with E-state index in [1.807, 2.05) is 32.1 Å². The number of nitrogens with zero attached hydrogens (tertiary/aromatic N) is 2. The van der Waals surface area contributed by atoms with Crippen LogP contribution in [0.2, 0.25) is 0 Å². The highest BCUT2D eigenvalue weighted by Crippen LogP contribution is 2.40. The molecule has 13 nitrogen and oxygen atoms in total. The van der Waals surface area contributed by atoms with Crippen LogP contribution in [0.15, 0.2) is 73.0 Å². The minimum Gasteiger partial charge on any atom is -0.498 e. The van der Waals surface area contributed by atoms with E-state index >= 15 is 0 Å². The predicted molar refractivity (Wildman–Crippen MR) is 304 cm³/mol. The average Bonchev–Trinajstić information content (AvgIpc) is 3.43. The molecule has 0 radical (unpaired) electrons. The molecule has 0 amide bonds. The SMILES string of the molecule is C=C(CC/C=C/CCC(=O)OCCCN(C)[C@H](Cc1cc(OC)c(C)c(OC)c1)c1cc(OC)c(OC)cc1CCC)OCCCN(C)C(C#CCc1cc(OC)c(C)c(OC)c1)c1cc(OC)c(OC)cc1CCC. The first-order chi connectivity index (χ1) is 36.7. The van der Waals surface area contributed by atoms with Gasteiger partial charge in [0.2, 0.25) is 0 Å². The van der Waals surface area contributed by atoms with E-state index in [0.717, 1.165) is 102 Å². The normalized spacial score (nSPS) is 11.9. The highest BCUT2D eigenvalue weighted by Gasteiger charge is 2.25. The summed E-state index contributed by atoms with van der Waals surface area (Å²) >= 11 is 0. The van der Waals surface area contributed by atoms with Gasteiger partial charge in [-0.3, -0.25) is 14.6 Å². The monoisotopic (exact) mass is 1050 g/mol. The van der Waals surface area contributed by atoms with Gasteiger partial charge in [0.05, 0.1) is 81.9 Å². The summed E-state index contributed by atoms with van der Waals surface area (Å²) < 4.78 is 57.5. The lowest BCUT2D eigenvalue weighted by Crippen LogP contribution is -2.29. The van der Waals surface area contributed by atoms with Crippen LogP contribution in [0.5, 0.6) is 46.0 Å². The Balaban J connectivity index is 1.27. The van der Waals surface area contributed by atoms with E-state index in [4.69, 9.17) is 47.4 Å². The molecule has 4 aromatic rings. The molecule has 0 heterocycles. The fourth-order valence-electron chi connectivity index (χ4n) is 9.45. The lowest BCUT2D eigenvalue weighted by Gasteiger charge is -2.31. The highest BCUT2D eigenvalue weighted by molar-refractivity contribution is 5.69. The Morgan fingerprint density at radius 3 is 1.50 bits per heavy atom.